The number of rotatable bonds is 9. The summed E-state index contributed by atoms with van der Waals surface area (Å²) in [6.07, 6.45) is 3.90. The number of amides is 3. The summed E-state index contributed by atoms with van der Waals surface area (Å²) < 4.78 is 5.31. The van der Waals surface area contributed by atoms with Crippen molar-refractivity contribution in [2.45, 2.75) is 70.6 Å². The topological polar surface area (TPSA) is 125 Å². The number of hydrogen-bond acceptors (Lipinski definition) is 6. The van der Waals surface area contributed by atoms with E-state index in [-0.39, 0.29) is 28.8 Å². The van der Waals surface area contributed by atoms with E-state index in [0.29, 0.717) is 11.1 Å². The molecule has 9 heteroatoms. The molecule has 3 amide bonds. The lowest BCUT2D eigenvalue weighted by molar-refractivity contribution is -0.127. The Morgan fingerprint density at radius 1 is 0.907 bits per heavy atom. The van der Waals surface area contributed by atoms with Crippen LogP contribution in [0, 0.1) is 0 Å². The fourth-order valence-electron chi connectivity index (χ4n) is 5.22. The van der Waals surface area contributed by atoms with Crippen LogP contribution in [0.4, 0.5) is 10.5 Å². The molecule has 1 atom stereocenters. The number of alkyl carbamates (subject to hydrolysis) is 1. The molecule has 1 aliphatic carbocycles. The maximum atomic E-state index is 14.1. The molecule has 0 radical (unpaired) electrons. The minimum atomic E-state index is -1.26. The maximum Gasteiger partial charge on any atom is 0.408 e. The monoisotopic (exact) mass is 585 g/mol. The highest BCUT2D eigenvalue weighted by Crippen LogP contribution is 2.34. The smallest absolute Gasteiger partial charge is 0.408 e. The van der Waals surface area contributed by atoms with Gasteiger partial charge in [-0.1, -0.05) is 73.9 Å². The largest absolute Gasteiger partial charge is 0.508 e. The van der Waals surface area contributed by atoms with Gasteiger partial charge in [0.15, 0.2) is 5.78 Å². The molecule has 0 saturated heterocycles. The number of benzene rings is 3. The van der Waals surface area contributed by atoms with E-state index in [4.69, 9.17) is 4.74 Å². The number of anilines is 1. The zero-order chi connectivity index (χ0) is 31.0. The van der Waals surface area contributed by atoms with Crippen LogP contribution < -0.4 is 15.5 Å². The van der Waals surface area contributed by atoms with Crippen LogP contribution in [0.5, 0.6) is 5.75 Å². The van der Waals surface area contributed by atoms with Crippen LogP contribution in [0.1, 0.15) is 80.4 Å². The first-order chi connectivity index (χ1) is 20.5. The molecule has 1 fully saturated rings. The lowest BCUT2D eigenvalue weighted by atomic mass is 9.94. The molecule has 3 aromatic rings. The Hall–Kier alpha value is -4.66. The van der Waals surface area contributed by atoms with E-state index in [0.717, 1.165) is 32.1 Å². The molecule has 0 heterocycles. The summed E-state index contributed by atoms with van der Waals surface area (Å²) in [5.74, 6) is -1.52. The molecule has 3 N–H and O–H groups in total. The maximum absolute atomic E-state index is 14.1. The molecule has 1 saturated carbocycles. The molecule has 3 aromatic carbocycles. The number of carbonyl (C=O) groups excluding carboxylic acids is 4. The summed E-state index contributed by atoms with van der Waals surface area (Å²) in [7, 11) is 0. The third kappa shape index (κ3) is 8.44. The first kappa shape index (κ1) is 31.3. The molecule has 0 bridgehead atoms. The number of ether oxygens (including phenoxy) is 1. The third-order valence-corrected chi connectivity index (χ3v) is 7.14. The van der Waals surface area contributed by atoms with Crippen LogP contribution in [0.3, 0.4) is 0 Å². The Morgan fingerprint density at radius 2 is 1.58 bits per heavy atom. The van der Waals surface area contributed by atoms with Gasteiger partial charge in [-0.25, -0.2) is 4.79 Å². The van der Waals surface area contributed by atoms with Crippen LogP contribution >= 0.6 is 0 Å². The van der Waals surface area contributed by atoms with Crippen molar-refractivity contribution in [3.05, 3.63) is 95.6 Å². The van der Waals surface area contributed by atoms with Crippen molar-refractivity contribution < 1.29 is 29.0 Å². The van der Waals surface area contributed by atoms with Gasteiger partial charge in [-0.05, 0) is 63.4 Å². The van der Waals surface area contributed by atoms with Gasteiger partial charge in [0.1, 0.15) is 23.9 Å². The van der Waals surface area contributed by atoms with Crippen LogP contribution in [-0.2, 0) is 14.3 Å². The first-order valence-corrected chi connectivity index (χ1v) is 14.6. The Balaban J connectivity index is 1.81. The number of carbonyl (C=O) groups is 4. The number of phenolic OH excluding ortho intramolecular Hbond substituents is 1. The van der Waals surface area contributed by atoms with E-state index < -0.39 is 36.1 Å². The minimum Gasteiger partial charge on any atom is -0.508 e. The van der Waals surface area contributed by atoms with Gasteiger partial charge >= 0.3 is 6.09 Å². The second kappa shape index (κ2) is 14.0. The van der Waals surface area contributed by atoms with Gasteiger partial charge < -0.3 is 20.5 Å². The van der Waals surface area contributed by atoms with E-state index in [9.17, 15) is 24.3 Å². The van der Waals surface area contributed by atoms with Crippen molar-refractivity contribution in [1.29, 1.82) is 0 Å². The van der Waals surface area contributed by atoms with Gasteiger partial charge in [0.2, 0.25) is 11.8 Å². The zero-order valence-corrected chi connectivity index (χ0v) is 24.8. The number of nitrogens with one attached hydrogen (secondary N) is 2. The average Bonchev–Trinajstić information content (AvgIpc) is 2.98. The molecule has 4 rings (SSSR count). The molecule has 226 valence electrons. The number of para-hydroxylation sites is 1. The minimum absolute atomic E-state index is 0.0703. The molecule has 1 unspecified atom stereocenters. The highest BCUT2D eigenvalue weighted by molar-refractivity contribution is 6.15. The number of aromatic hydroxyl groups is 1. The SMILES string of the molecule is CC(C)(C)OC(=O)NCC(=O)N(c1ccccc1C(=O)c1ccccc1)C(C(=O)NC1CCCCC1)c1cccc(O)c1. The Labute approximate surface area is 252 Å². The quantitative estimate of drug-likeness (QED) is 0.278. The fourth-order valence-corrected chi connectivity index (χ4v) is 5.22. The Bertz CT molecular complexity index is 1440. The normalized spacial score (nSPS) is 14.3. The van der Waals surface area contributed by atoms with Gasteiger partial charge in [-0.2, -0.15) is 0 Å². The predicted molar refractivity (Wildman–Crippen MR) is 164 cm³/mol. The van der Waals surface area contributed by atoms with Crippen LogP contribution in [0.15, 0.2) is 78.9 Å². The highest BCUT2D eigenvalue weighted by atomic mass is 16.6. The van der Waals surface area contributed by atoms with Crippen LogP contribution in [0.2, 0.25) is 0 Å². The predicted octanol–water partition coefficient (Wildman–Crippen LogP) is 5.67. The van der Waals surface area contributed by atoms with E-state index in [1.54, 1.807) is 87.5 Å². The number of ketones is 1. The fraction of sp³-hybridized carbons (Fsp3) is 0.353. The summed E-state index contributed by atoms with van der Waals surface area (Å²) in [5.41, 5.74) is 0.371. The zero-order valence-electron chi connectivity index (χ0n) is 24.8. The second-order valence-corrected chi connectivity index (χ2v) is 11.7. The molecule has 0 aliphatic heterocycles. The van der Waals surface area contributed by atoms with Crippen molar-refractivity contribution >= 4 is 29.4 Å². The molecular formula is C34H39N3O6. The van der Waals surface area contributed by atoms with Crippen molar-refractivity contribution in [2.24, 2.45) is 0 Å². The molecule has 1 aliphatic rings. The summed E-state index contributed by atoms with van der Waals surface area (Å²) in [4.78, 5) is 55.7. The van der Waals surface area contributed by atoms with Gasteiger partial charge in [0, 0.05) is 17.2 Å². The van der Waals surface area contributed by atoms with Crippen molar-refractivity contribution in [2.75, 3.05) is 11.4 Å². The number of hydrogen-bond donors (Lipinski definition) is 3. The van der Waals surface area contributed by atoms with Gasteiger partial charge in [-0.3, -0.25) is 19.3 Å². The standard InChI is InChI=1S/C34H39N3O6/c1-34(2,3)43-33(42)35-22-29(39)37(28-20-11-10-19-27(28)31(40)23-13-6-4-7-14-23)30(24-15-12-18-26(38)21-24)32(41)36-25-16-8-5-9-17-25/h4,6-7,10-15,18-21,25,30,38H,5,8-9,16-17,22H2,1-3H3,(H,35,42)(H,36,41). The highest BCUT2D eigenvalue weighted by Gasteiger charge is 2.36. The van der Waals surface area contributed by atoms with Crippen LogP contribution in [-0.4, -0.2) is 47.0 Å². The summed E-state index contributed by atoms with van der Waals surface area (Å²) >= 11 is 0. The lowest BCUT2D eigenvalue weighted by Gasteiger charge is -2.34. The van der Waals surface area contributed by atoms with Crippen molar-refractivity contribution in [1.82, 2.24) is 10.6 Å². The molecular weight excluding hydrogens is 546 g/mol. The third-order valence-electron chi connectivity index (χ3n) is 7.14. The van der Waals surface area contributed by atoms with Gasteiger partial charge in [0.25, 0.3) is 0 Å². The molecule has 9 nitrogen and oxygen atoms in total. The van der Waals surface area contributed by atoms with E-state index in [1.165, 1.54) is 17.0 Å². The van der Waals surface area contributed by atoms with E-state index in [1.807, 2.05) is 0 Å². The summed E-state index contributed by atoms with van der Waals surface area (Å²) in [6, 6.07) is 20.0. The molecule has 0 spiro atoms. The number of phenols is 1. The van der Waals surface area contributed by atoms with E-state index in [2.05, 4.69) is 10.6 Å². The van der Waals surface area contributed by atoms with Gasteiger partial charge in [-0.15, -0.1) is 0 Å². The Kier molecular flexibility index (Phi) is 10.2. The summed E-state index contributed by atoms with van der Waals surface area (Å²) in [5, 5.41) is 16.0. The molecule has 43 heavy (non-hydrogen) atoms. The van der Waals surface area contributed by atoms with Crippen LogP contribution in [0.25, 0.3) is 0 Å². The lowest BCUT2D eigenvalue weighted by Crippen LogP contribution is -2.50. The second-order valence-electron chi connectivity index (χ2n) is 11.7. The first-order valence-electron chi connectivity index (χ1n) is 14.6. The summed E-state index contributed by atoms with van der Waals surface area (Å²) in [6.45, 7) is 4.62. The number of nitrogens with zero attached hydrogens (tertiary/aromatic N) is 1. The van der Waals surface area contributed by atoms with Gasteiger partial charge in [0.05, 0.1) is 5.69 Å². The molecule has 0 aromatic heterocycles. The Morgan fingerprint density at radius 3 is 2.26 bits per heavy atom. The van der Waals surface area contributed by atoms with Crippen molar-refractivity contribution in [3.63, 3.8) is 0 Å². The average molecular weight is 586 g/mol. The van der Waals surface area contributed by atoms with E-state index >= 15 is 0 Å². The van der Waals surface area contributed by atoms with Crippen molar-refractivity contribution in [3.8, 4) is 5.75 Å².